The summed E-state index contributed by atoms with van der Waals surface area (Å²) in [5, 5.41) is 0. The Balaban J connectivity index is 2.29. The van der Waals surface area contributed by atoms with Crippen molar-refractivity contribution in [3.63, 3.8) is 0 Å². The van der Waals surface area contributed by atoms with E-state index in [0.29, 0.717) is 0 Å². The van der Waals surface area contributed by atoms with Crippen molar-refractivity contribution < 1.29 is 8.42 Å². The fraction of sp³-hybridized carbons (Fsp3) is 0.0909. The molecule has 0 aliphatic rings. The molecule has 1 aromatic carbocycles. The molecule has 88 valence electrons. The Hall–Kier alpha value is -1.95. The standard InChI is InChI=1S/C11H11N3O2S/c1-9-2-4-10(5-3-9)17(15,16)14-11-8-12-6-7-13-11/h2-8H,1H3,(H,13,14). The molecule has 2 aromatic rings. The van der Waals surface area contributed by atoms with Crippen LogP contribution in [-0.4, -0.2) is 18.4 Å². The lowest BCUT2D eigenvalue weighted by atomic mass is 10.2. The van der Waals surface area contributed by atoms with E-state index in [9.17, 15) is 8.42 Å². The van der Waals surface area contributed by atoms with E-state index in [0.717, 1.165) is 5.56 Å². The molecule has 0 fully saturated rings. The van der Waals surface area contributed by atoms with Gasteiger partial charge in [0.05, 0.1) is 11.1 Å². The maximum Gasteiger partial charge on any atom is 0.263 e. The van der Waals surface area contributed by atoms with Crippen LogP contribution in [0.4, 0.5) is 5.82 Å². The zero-order chi connectivity index (χ0) is 12.3. The summed E-state index contributed by atoms with van der Waals surface area (Å²) in [4.78, 5) is 7.84. The predicted molar refractivity (Wildman–Crippen MR) is 64.0 cm³/mol. The molecule has 5 nitrogen and oxygen atoms in total. The number of aryl methyl sites for hydroxylation is 1. The van der Waals surface area contributed by atoms with E-state index in [1.165, 1.54) is 18.6 Å². The van der Waals surface area contributed by atoms with Crippen molar-refractivity contribution in [2.75, 3.05) is 4.72 Å². The largest absolute Gasteiger partial charge is 0.263 e. The molecule has 17 heavy (non-hydrogen) atoms. The highest BCUT2D eigenvalue weighted by atomic mass is 32.2. The highest BCUT2D eigenvalue weighted by molar-refractivity contribution is 7.92. The fourth-order valence-corrected chi connectivity index (χ4v) is 2.26. The summed E-state index contributed by atoms with van der Waals surface area (Å²) < 4.78 is 26.2. The summed E-state index contributed by atoms with van der Waals surface area (Å²) in [6, 6.07) is 6.58. The molecular formula is C11H11N3O2S. The van der Waals surface area contributed by atoms with Gasteiger partial charge in [0.2, 0.25) is 0 Å². The Morgan fingerprint density at radius 3 is 2.41 bits per heavy atom. The number of nitrogens with one attached hydrogen (secondary N) is 1. The number of benzene rings is 1. The molecular weight excluding hydrogens is 238 g/mol. The zero-order valence-electron chi connectivity index (χ0n) is 9.16. The number of rotatable bonds is 3. The van der Waals surface area contributed by atoms with Crippen molar-refractivity contribution in [2.45, 2.75) is 11.8 Å². The SMILES string of the molecule is Cc1ccc(S(=O)(=O)Nc2cnccn2)cc1. The minimum Gasteiger partial charge on any atom is -0.262 e. The van der Waals surface area contributed by atoms with Crippen molar-refractivity contribution in [2.24, 2.45) is 0 Å². The van der Waals surface area contributed by atoms with Crippen LogP contribution in [0, 0.1) is 6.92 Å². The van der Waals surface area contributed by atoms with Crippen LogP contribution in [0.1, 0.15) is 5.56 Å². The van der Waals surface area contributed by atoms with Crippen LogP contribution in [0.5, 0.6) is 0 Å². The van der Waals surface area contributed by atoms with Crippen molar-refractivity contribution in [1.82, 2.24) is 9.97 Å². The normalized spacial score (nSPS) is 11.1. The molecule has 0 saturated carbocycles. The van der Waals surface area contributed by atoms with Crippen LogP contribution in [0.3, 0.4) is 0 Å². The first-order chi connectivity index (χ1) is 8.08. The van der Waals surface area contributed by atoms with Crippen molar-refractivity contribution in [3.8, 4) is 0 Å². The first kappa shape index (κ1) is 11.5. The van der Waals surface area contributed by atoms with Gasteiger partial charge >= 0.3 is 0 Å². The van der Waals surface area contributed by atoms with Crippen LogP contribution in [0.2, 0.25) is 0 Å². The first-order valence-corrected chi connectivity index (χ1v) is 6.42. The van der Waals surface area contributed by atoms with Crippen molar-refractivity contribution in [1.29, 1.82) is 0 Å². The number of nitrogens with zero attached hydrogens (tertiary/aromatic N) is 2. The predicted octanol–water partition coefficient (Wildman–Crippen LogP) is 1.59. The molecule has 0 aliphatic heterocycles. The molecule has 1 N–H and O–H groups in total. The topological polar surface area (TPSA) is 72.0 Å². The molecule has 0 bridgehead atoms. The van der Waals surface area contributed by atoms with Crippen molar-refractivity contribution >= 4 is 15.8 Å². The van der Waals surface area contributed by atoms with E-state index >= 15 is 0 Å². The summed E-state index contributed by atoms with van der Waals surface area (Å²) in [5.74, 6) is 0.202. The number of anilines is 1. The van der Waals surface area contributed by atoms with Crippen LogP contribution in [0.15, 0.2) is 47.8 Å². The molecule has 1 heterocycles. The van der Waals surface area contributed by atoms with Crippen LogP contribution in [0.25, 0.3) is 0 Å². The van der Waals surface area contributed by atoms with E-state index < -0.39 is 10.0 Å². The van der Waals surface area contributed by atoms with Gasteiger partial charge in [0.25, 0.3) is 10.0 Å². The second kappa shape index (κ2) is 4.50. The maximum atomic E-state index is 11.9. The minimum atomic E-state index is -3.58. The Morgan fingerprint density at radius 1 is 1.12 bits per heavy atom. The van der Waals surface area contributed by atoms with Gasteiger partial charge in [-0.2, -0.15) is 0 Å². The molecule has 0 spiro atoms. The third kappa shape index (κ3) is 2.79. The number of aromatic nitrogens is 2. The lowest BCUT2D eigenvalue weighted by Gasteiger charge is -2.06. The van der Waals surface area contributed by atoms with Crippen LogP contribution in [-0.2, 0) is 10.0 Å². The number of hydrogen-bond acceptors (Lipinski definition) is 4. The third-order valence-corrected chi connectivity index (χ3v) is 3.50. The summed E-state index contributed by atoms with van der Waals surface area (Å²) in [6.45, 7) is 1.90. The Kier molecular flexibility index (Phi) is 3.06. The molecule has 0 atom stereocenters. The molecule has 0 unspecified atom stereocenters. The quantitative estimate of drug-likeness (QED) is 0.896. The molecule has 0 amide bonds. The Bertz CT molecular complexity index is 594. The molecule has 0 aliphatic carbocycles. The van der Waals surface area contributed by atoms with Gasteiger partial charge in [-0.1, -0.05) is 17.7 Å². The second-order valence-corrected chi connectivity index (χ2v) is 5.19. The maximum absolute atomic E-state index is 11.9. The highest BCUT2D eigenvalue weighted by Gasteiger charge is 2.14. The number of sulfonamides is 1. The monoisotopic (exact) mass is 249 g/mol. The summed E-state index contributed by atoms with van der Waals surface area (Å²) >= 11 is 0. The van der Waals surface area contributed by atoms with Gasteiger partial charge < -0.3 is 0 Å². The van der Waals surface area contributed by atoms with Gasteiger partial charge in [-0.15, -0.1) is 0 Å². The van der Waals surface area contributed by atoms with Gasteiger partial charge in [-0.05, 0) is 19.1 Å². The van der Waals surface area contributed by atoms with Crippen LogP contribution >= 0.6 is 0 Å². The average Bonchev–Trinajstić information content (AvgIpc) is 2.30. The Morgan fingerprint density at radius 2 is 1.82 bits per heavy atom. The van der Waals surface area contributed by atoms with E-state index in [1.54, 1.807) is 24.3 Å². The lowest BCUT2D eigenvalue weighted by Crippen LogP contribution is -2.13. The lowest BCUT2D eigenvalue weighted by molar-refractivity contribution is 0.601. The molecule has 6 heteroatoms. The van der Waals surface area contributed by atoms with Crippen molar-refractivity contribution in [3.05, 3.63) is 48.4 Å². The molecule has 2 rings (SSSR count). The van der Waals surface area contributed by atoms with E-state index in [1.807, 2.05) is 6.92 Å². The third-order valence-electron chi connectivity index (χ3n) is 2.13. The number of hydrogen-bond donors (Lipinski definition) is 1. The Labute approximate surface area is 99.6 Å². The molecule has 1 aromatic heterocycles. The molecule has 0 radical (unpaired) electrons. The second-order valence-electron chi connectivity index (χ2n) is 3.51. The van der Waals surface area contributed by atoms with Gasteiger partial charge in [-0.25, -0.2) is 13.4 Å². The smallest absolute Gasteiger partial charge is 0.262 e. The average molecular weight is 249 g/mol. The summed E-state index contributed by atoms with van der Waals surface area (Å²) in [5.41, 5.74) is 1.00. The summed E-state index contributed by atoms with van der Waals surface area (Å²) in [7, 11) is -3.58. The van der Waals surface area contributed by atoms with Gasteiger partial charge in [0.15, 0.2) is 5.82 Å². The fourth-order valence-electron chi connectivity index (χ4n) is 1.27. The summed E-state index contributed by atoms with van der Waals surface area (Å²) in [6.07, 6.45) is 4.25. The van der Waals surface area contributed by atoms with E-state index in [-0.39, 0.29) is 10.7 Å². The van der Waals surface area contributed by atoms with Gasteiger partial charge in [-0.3, -0.25) is 9.71 Å². The van der Waals surface area contributed by atoms with Gasteiger partial charge in [0, 0.05) is 12.4 Å². The van der Waals surface area contributed by atoms with E-state index in [4.69, 9.17) is 0 Å². The minimum absolute atomic E-state index is 0.202. The zero-order valence-corrected chi connectivity index (χ0v) is 9.98. The molecule has 0 saturated heterocycles. The van der Waals surface area contributed by atoms with Crippen LogP contribution < -0.4 is 4.72 Å². The highest BCUT2D eigenvalue weighted by Crippen LogP contribution is 2.13. The van der Waals surface area contributed by atoms with Gasteiger partial charge in [0.1, 0.15) is 0 Å². The van der Waals surface area contributed by atoms with E-state index in [2.05, 4.69) is 14.7 Å². The first-order valence-electron chi connectivity index (χ1n) is 4.93.